The van der Waals surface area contributed by atoms with E-state index in [1.54, 1.807) is 0 Å². The fourth-order valence-electron chi connectivity index (χ4n) is 1.27. The predicted molar refractivity (Wildman–Crippen MR) is 59.6 cm³/mol. The summed E-state index contributed by atoms with van der Waals surface area (Å²) in [6.45, 7) is -0.0584. The molecule has 0 saturated carbocycles. The molecule has 0 spiro atoms. The lowest BCUT2D eigenvalue weighted by Gasteiger charge is -2.09. The largest absolute Gasteiger partial charge is 0.508 e. The number of phenolic OH excluding ortho intramolecular Hbond substituents is 1. The maximum Gasteiger partial charge on any atom is 0.270 e. The summed E-state index contributed by atoms with van der Waals surface area (Å²) in [6.07, 6.45) is -0.893. The SMILES string of the molecule is O=[N+]([O-])c1ccc(O)c(CNC[C@@H](O)CO)c1. The predicted octanol–water partition coefficient (Wildman–Crippen LogP) is -0.257. The molecule has 17 heavy (non-hydrogen) atoms. The van der Waals surface area contributed by atoms with Gasteiger partial charge in [-0.1, -0.05) is 0 Å². The van der Waals surface area contributed by atoms with Crippen LogP contribution < -0.4 is 5.32 Å². The van der Waals surface area contributed by atoms with E-state index in [1.807, 2.05) is 0 Å². The summed E-state index contributed by atoms with van der Waals surface area (Å²) >= 11 is 0. The van der Waals surface area contributed by atoms with Gasteiger partial charge in [-0.2, -0.15) is 0 Å². The molecule has 0 aliphatic heterocycles. The molecule has 0 fully saturated rings. The van der Waals surface area contributed by atoms with Gasteiger partial charge in [-0.3, -0.25) is 10.1 Å². The van der Waals surface area contributed by atoms with Crippen molar-refractivity contribution in [2.45, 2.75) is 12.6 Å². The molecule has 0 heterocycles. The number of hydrogen-bond acceptors (Lipinski definition) is 6. The van der Waals surface area contributed by atoms with E-state index >= 15 is 0 Å². The van der Waals surface area contributed by atoms with E-state index < -0.39 is 11.0 Å². The quantitative estimate of drug-likeness (QED) is 0.403. The number of nitrogens with zero attached hydrogens (tertiary/aromatic N) is 1. The Bertz CT molecular complexity index is 396. The lowest BCUT2D eigenvalue weighted by molar-refractivity contribution is -0.384. The number of phenols is 1. The lowest BCUT2D eigenvalue weighted by atomic mass is 10.1. The summed E-state index contributed by atoms with van der Waals surface area (Å²) in [5.74, 6) is -0.0541. The van der Waals surface area contributed by atoms with Gasteiger partial charge in [-0.05, 0) is 6.07 Å². The first kappa shape index (κ1) is 13.4. The van der Waals surface area contributed by atoms with Crippen molar-refractivity contribution in [1.82, 2.24) is 5.32 Å². The van der Waals surface area contributed by atoms with Gasteiger partial charge in [0, 0.05) is 30.8 Å². The lowest BCUT2D eigenvalue weighted by Crippen LogP contribution is -2.28. The first-order valence-corrected chi connectivity index (χ1v) is 5.00. The molecule has 0 bridgehead atoms. The Labute approximate surface area is 97.5 Å². The number of rotatable bonds is 6. The van der Waals surface area contributed by atoms with Gasteiger partial charge in [0.15, 0.2) is 0 Å². The Morgan fingerprint density at radius 2 is 2.18 bits per heavy atom. The van der Waals surface area contributed by atoms with E-state index in [2.05, 4.69) is 5.32 Å². The zero-order valence-corrected chi connectivity index (χ0v) is 9.04. The summed E-state index contributed by atoms with van der Waals surface area (Å²) in [5, 5.41) is 40.4. The molecule has 1 rings (SSSR count). The van der Waals surface area contributed by atoms with Gasteiger partial charge in [0.1, 0.15) is 5.75 Å². The molecule has 1 aromatic carbocycles. The standard InChI is InChI=1S/C10H14N2O5/c13-6-9(14)5-11-4-7-3-8(12(16)17)1-2-10(7)15/h1-3,9,11,13-15H,4-6H2/t9-/m1/s1. The van der Waals surface area contributed by atoms with Crippen LogP contribution in [0.1, 0.15) is 5.56 Å². The number of aromatic hydroxyl groups is 1. The smallest absolute Gasteiger partial charge is 0.270 e. The highest BCUT2D eigenvalue weighted by Gasteiger charge is 2.10. The van der Waals surface area contributed by atoms with Crippen molar-refractivity contribution >= 4 is 5.69 Å². The molecule has 0 saturated heterocycles. The van der Waals surface area contributed by atoms with E-state index in [0.29, 0.717) is 5.56 Å². The van der Waals surface area contributed by atoms with Crippen LogP contribution in [0, 0.1) is 10.1 Å². The molecule has 0 aliphatic rings. The first-order chi connectivity index (χ1) is 8.04. The number of benzene rings is 1. The summed E-state index contributed by atoms with van der Waals surface area (Å²) in [4.78, 5) is 9.97. The van der Waals surface area contributed by atoms with Gasteiger partial charge in [0.2, 0.25) is 0 Å². The maximum atomic E-state index is 10.5. The Balaban J connectivity index is 2.63. The van der Waals surface area contributed by atoms with E-state index in [-0.39, 0.29) is 31.1 Å². The first-order valence-electron chi connectivity index (χ1n) is 5.00. The maximum absolute atomic E-state index is 10.5. The van der Waals surface area contributed by atoms with Crippen LogP contribution >= 0.6 is 0 Å². The van der Waals surface area contributed by atoms with Crippen molar-refractivity contribution in [3.8, 4) is 5.75 Å². The van der Waals surface area contributed by atoms with Crippen molar-refractivity contribution in [3.63, 3.8) is 0 Å². The number of aliphatic hydroxyl groups is 2. The normalized spacial score (nSPS) is 12.4. The highest BCUT2D eigenvalue weighted by atomic mass is 16.6. The van der Waals surface area contributed by atoms with Crippen LogP contribution in [0.2, 0.25) is 0 Å². The summed E-state index contributed by atoms with van der Waals surface area (Å²) < 4.78 is 0. The van der Waals surface area contributed by atoms with E-state index in [4.69, 9.17) is 10.2 Å². The van der Waals surface area contributed by atoms with Crippen LogP contribution in [0.15, 0.2) is 18.2 Å². The molecule has 4 N–H and O–H groups in total. The van der Waals surface area contributed by atoms with Crippen LogP contribution in [0.4, 0.5) is 5.69 Å². The summed E-state index contributed by atoms with van der Waals surface area (Å²) in [6, 6.07) is 3.71. The van der Waals surface area contributed by atoms with Gasteiger partial charge in [-0.15, -0.1) is 0 Å². The minimum absolute atomic E-state index is 0.0541. The molecule has 0 amide bonds. The molecule has 0 unspecified atom stereocenters. The summed E-state index contributed by atoms with van der Waals surface area (Å²) in [7, 11) is 0. The van der Waals surface area contributed by atoms with Gasteiger partial charge in [0.25, 0.3) is 5.69 Å². The van der Waals surface area contributed by atoms with Gasteiger partial charge < -0.3 is 20.6 Å². The third-order valence-electron chi connectivity index (χ3n) is 2.18. The highest BCUT2D eigenvalue weighted by Crippen LogP contribution is 2.22. The topological polar surface area (TPSA) is 116 Å². The average molecular weight is 242 g/mol. The van der Waals surface area contributed by atoms with Crippen molar-refractivity contribution in [1.29, 1.82) is 0 Å². The molecule has 7 nitrogen and oxygen atoms in total. The number of nitrogens with one attached hydrogen (secondary N) is 1. The molecule has 0 aromatic heterocycles. The number of nitro benzene ring substituents is 1. The second-order valence-electron chi connectivity index (χ2n) is 3.54. The molecule has 1 aromatic rings. The Morgan fingerprint density at radius 3 is 2.76 bits per heavy atom. The van der Waals surface area contributed by atoms with Crippen LogP contribution in [-0.2, 0) is 6.54 Å². The fraction of sp³-hybridized carbons (Fsp3) is 0.400. The van der Waals surface area contributed by atoms with E-state index in [1.165, 1.54) is 18.2 Å². The number of hydrogen-bond donors (Lipinski definition) is 4. The molecule has 1 atom stereocenters. The van der Waals surface area contributed by atoms with Crippen molar-refractivity contribution in [2.75, 3.05) is 13.2 Å². The minimum atomic E-state index is -0.893. The van der Waals surface area contributed by atoms with Gasteiger partial charge >= 0.3 is 0 Å². The Morgan fingerprint density at radius 1 is 1.47 bits per heavy atom. The minimum Gasteiger partial charge on any atom is -0.508 e. The molecular formula is C10H14N2O5. The van der Waals surface area contributed by atoms with E-state index in [9.17, 15) is 15.2 Å². The van der Waals surface area contributed by atoms with Crippen LogP contribution in [0.3, 0.4) is 0 Å². The Hall–Kier alpha value is -1.70. The zero-order valence-electron chi connectivity index (χ0n) is 9.04. The monoisotopic (exact) mass is 242 g/mol. The number of aliphatic hydroxyl groups excluding tert-OH is 2. The average Bonchev–Trinajstić information content (AvgIpc) is 2.30. The van der Waals surface area contributed by atoms with Gasteiger partial charge in [-0.25, -0.2) is 0 Å². The molecule has 7 heteroatoms. The Kier molecular flexibility index (Phi) is 4.83. The third kappa shape index (κ3) is 3.99. The van der Waals surface area contributed by atoms with Crippen LogP contribution in [0.5, 0.6) is 5.75 Å². The van der Waals surface area contributed by atoms with Crippen molar-refractivity contribution in [3.05, 3.63) is 33.9 Å². The second kappa shape index (κ2) is 6.14. The zero-order chi connectivity index (χ0) is 12.8. The van der Waals surface area contributed by atoms with E-state index in [0.717, 1.165) is 0 Å². The molecular weight excluding hydrogens is 228 g/mol. The molecule has 94 valence electrons. The number of non-ortho nitro benzene ring substituents is 1. The fourth-order valence-corrected chi connectivity index (χ4v) is 1.27. The van der Waals surface area contributed by atoms with Gasteiger partial charge in [0.05, 0.1) is 17.6 Å². The molecule has 0 radical (unpaired) electrons. The highest BCUT2D eigenvalue weighted by molar-refractivity contribution is 5.42. The second-order valence-corrected chi connectivity index (χ2v) is 3.54. The molecule has 0 aliphatic carbocycles. The van der Waals surface area contributed by atoms with Crippen LogP contribution in [0.25, 0.3) is 0 Å². The summed E-state index contributed by atoms with van der Waals surface area (Å²) in [5.41, 5.74) is 0.256. The third-order valence-corrected chi connectivity index (χ3v) is 2.18. The number of nitro groups is 1. The van der Waals surface area contributed by atoms with Crippen molar-refractivity contribution < 1.29 is 20.2 Å². The van der Waals surface area contributed by atoms with Crippen LogP contribution in [-0.4, -0.2) is 39.5 Å². The van der Waals surface area contributed by atoms with Crippen molar-refractivity contribution in [2.24, 2.45) is 0 Å².